The van der Waals surface area contributed by atoms with Gasteiger partial charge in [0.2, 0.25) is 0 Å². The fourth-order valence-corrected chi connectivity index (χ4v) is 7.71. The third kappa shape index (κ3) is 2.76. The van der Waals surface area contributed by atoms with E-state index in [0.29, 0.717) is 32.3 Å². The Morgan fingerprint density at radius 1 is 1.09 bits per heavy atom. The maximum atomic E-state index is 13.0. The maximum absolute atomic E-state index is 13.0. The molecule has 34 heavy (non-hydrogen) atoms. The van der Waals surface area contributed by atoms with Gasteiger partial charge in [-0.2, -0.15) is 0 Å². The van der Waals surface area contributed by atoms with Crippen LogP contribution in [0.25, 0.3) is 5.57 Å². The third-order valence-corrected chi connectivity index (χ3v) is 9.55. The van der Waals surface area contributed by atoms with Crippen molar-refractivity contribution in [3.05, 3.63) is 77.9 Å². The van der Waals surface area contributed by atoms with Gasteiger partial charge in [0.25, 0.3) is 0 Å². The van der Waals surface area contributed by atoms with Crippen LogP contribution in [0.5, 0.6) is 0 Å². The first kappa shape index (κ1) is 23.3. The van der Waals surface area contributed by atoms with Crippen molar-refractivity contribution < 1.29 is 19.4 Å². The Labute approximate surface area is 203 Å². The molecule has 4 nitrogen and oxygen atoms in total. The lowest BCUT2D eigenvalue weighted by Gasteiger charge is -2.58. The van der Waals surface area contributed by atoms with Crippen LogP contribution in [-0.2, 0) is 26.3 Å². The summed E-state index contributed by atoms with van der Waals surface area (Å²) in [5, 5.41) is 12.7. The monoisotopic (exact) mass is 460 g/mol. The van der Waals surface area contributed by atoms with E-state index in [4.69, 9.17) is 9.47 Å². The molecule has 4 heteroatoms. The molecule has 2 aromatic carbocycles. The fraction of sp³-hybridized carbons (Fsp3) is 0.500. The number of rotatable bonds is 6. The predicted molar refractivity (Wildman–Crippen MR) is 133 cm³/mol. The largest absolute Gasteiger partial charge is 0.462 e. The number of carbonyl (C=O) groups excluding carboxylic acids is 1. The highest BCUT2D eigenvalue weighted by atomic mass is 16.6. The van der Waals surface area contributed by atoms with Gasteiger partial charge >= 0.3 is 5.97 Å². The minimum atomic E-state index is -1.24. The van der Waals surface area contributed by atoms with E-state index in [9.17, 15) is 9.90 Å². The minimum absolute atomic E-state index is 0.00359. The molecule has 0 heterocycles. The molecule has 0 amide bonds. The first-order chi connectivity index (χ1) is 16.1. The molecule has 3 aliphatic carbocycles. The fourth-order valence-electron chi connectivity index (χ4n) is 7.71. The van der Waals surface area contributed by atoms with E-state index in [2.05, 4.69) is 39.5 Å². The van der Waals surface area contributed by atoms with Crippen LogP contribution in [0.2, 0.25) is 0 Å². The molecule has 5 atom stereocenters. The topological polar surface area (TPSA) is 55.8 Å². The molecule has 180 valence electrons. The molecule has 5 unspecified atom stereocenters. The van der Waals surface area contributed by atoms with Crippen LogP contribution in [0.1, 0.15) is 63.6 Å². The zero-order valence-corrected chi connectivity index (χ0v) is 20.8. The average Bonchev–Trinajstić information content (AvgIpc) is 3.08. The zero-order valence-electron chi connectivity index (χ0n) is 20.8. The van der Waals surface area contributed by atoms with Crippen molar-refractivity contribution in [1.29, 1.82) is 0 Å². The summed E-state index contributed by atoms with van der Waals surface area (Å²) in [7, 11) is 0. The molecule has 2 aromatic rings. The van der Waals surface area contributed by atoms with Gasteiger partial charge in [-0.05, 0) is 47.4 Å². The van der Waals surface area contributed by atoms with E-state index >= 15 is 0 Å². The second-order valence-electron chi connectivity index (χ2n) is 11.0. The number of benzene rings is 2. The number of fused-ring (bicyclic) bond motifs is 7. The van der Waals surface area contributed by atoms with Gasteiger partial charge < -0.3 is 14.6 Å². The highest BCUT2D eigenvalue weighted by Gasteiger charge is 2.85. The van der Waals surface area contributed by atoms with Crippen molar-refractivity contribution in [3.8, 4) is 0 Å². The first-order valence-electron chi connectivity index (χ1n) is 12.5. The summed E-state index contributed by atoms with van der Waals surface area (Å²) in [6, 6.07) is 18.2. The Morgan fingerprint density at radius 2 is 1.76 bits per heavy atom. The van der Waals surface area contributed by atoms with Crippen LogP contribution >= 0.6 is 0 Å². The molecule has 2 bridgehead atoms. The maximum Gasteiger partial charge on any atom is 0.306 e. The number of aliphatic hydroxyl groups is 1. The van der Waals surface area contributed by atoms with E-state index in [-0.39, 0.29) is 23.4 Å². The molecule has 0 spiro atoms. The summed E-state index contributed by atoms with van der Waals surface area (Å²) in [4.78, 5) is 13.0. The van der Waals surface area contributed by atoms with Gasteiger partial charge in [-0.1, -0.05) is 81.9 Å². The SMILES string of the molecule is C=C1CC2(O)C(OCC)(c3ccccc31)C1CC(OC(=O)CCc3ccccc3)C2(C)C1(C)C. The molecule has 0 aliphatic heterocycles. The van der Waals surface area contributed by atoms with E-state index in [1.165, 1.54) is 0 Å². The number of esters is 1. The van der Waals surface area contributed by atoms with Gasteiger partial charge in [0.05, 0.1) is 0 Å². The number of ether oxygens (including phenoxy) is 2. The van der Waals surface area contributed by atoms with Crippen molar-refractivity contribution in [2.24, 2.45) is 16.7 Å². The molecular formula is C30H36O4. The quantitative estimate of drug-likeness (QED) is 0.564. The molecule has 0 radical (unpaired) electrons. The van der Waals surface area contributed by atoms with E-state index < -0.39 is 16.6 Å². The van der Waals surface area contributed by atoms with Crippen LogP contribution in [0, 0.1) is 16.7 Å². The van der Waals surface area contributed by atoms with E-state index in [1.807, 2.05) is 49.4 Å². The molecule has 5 rings (SSSR count). The van der Waals surface area contributed by atoms with Gasteiger partial charge in [0, 0.05) is 30.8 Å². The van der Waals surface area contributed by atoms with Crippen molar-refractivity contribution in [2.75, 3.05) is 6.61 Å². The Bertz CT molecular complexity index is 1120. The molecule has 1 N–H and O–H groups in total. The molecule has 2 saturated carbocycles. The van der Waals surface area contributed by atoms with Crippen LogP contribution in [0.4, 0.5) is 0 Å². The molecule has 0 saturated heterocycles. The smallest absolute Gasteiger partial charge is 0.306 e. The van der Waals surface area contributed by atoms with E-state index in [1.54, 1.807) is 0 Å². The highest BCUT2D eigenvalue weighted by Crippen LogP contribution is 2.80. The zero-order chi connectivity index (χ0) is 24.4. The second kappa shape index (κ2) is 7.79. The molecular weight excluding hydrogens is 424 g/mol. The van der Waals surface area contributed by atoms with Crippen LogP contribution < -0.4 is 0 Å². The summed E-state index contributed by atoms with van der Waals surface area (Å²) >= 11 is 0. The van der Waals surface area contributed by atoms with Crippen LogP contribution in [-0.4, -0.2) is 29.4 Å². The summed E-state index contributed by atoms with van der Waals surface area (Å²) in [6.45, 7) is 13.3. The van der Waals surface area contributed by atoms with Crippen molar-refractivity contribution >= 4 is 11.5 Å². The minimum Gasteiger partial charge on any atom is -0.462 e. The normalized spacial score (nSPS) is 35.0. The number of hydrogen-bond acceptors (Lipinski definition) is 4. The predicted octanol–water partition coefficient (Wildman–Crippen LogP) is 5.68. The van der Waals surface area contributed by atoms with Gasteiger partial charge in [-0.25, -0.2) is 0 Å². The molecule has 0 aromatic heterocycles. The van der Waals surface area contributed by atoms with Gasteiger partial charge in [0.15, 0.2) is 0 Å². The molecule has 3 aliphatic rings. The highest BCUT2D eigenvalue weighted by molar-refractivity contribution is 5.74. The van der Waals surface area contributed by atoms with Crippen molar-refractivity contribution in [3.63, 3.8) is 0 Å². The van der Waals surface area contributed by atoms with Gasteiger partial charge in [-0.15, -0.1) is 0 Å². The first-order valence-corrected chi connectivity index (χ1v) is 12.5. The lowest BCUT2D eigenvalue weighted by atomic mass is 9.54. The lowest BCUT2D eigenvalue weighted by Crippen LogP contribution is -2.67. The Balaban J connectivity index is 1.52. The Morgan fingerprint density at radius 3 is 2.47 bits per heavy atom. The van der Waals surface area contributed by atoms with Crippen LogP contribution in [0.15, 0.2) is 61.2 Å². The number of hydrogen-bond donors (Lipinski definition) is 1. The third-order valence-electron chi connectivity index (χ3n) is 9.55. The lowest BCUT2D eigenvalue weighted by molar-refractivity contribution is -0.261. The standard InChI is InChI=1S/C30H36O4/c1-6-33-30-23-15-11-10-14-22(23)20(2)19-29(30,32)28(5)25(18-24(30)27(28,3)4)34-26(31)17-16-21-12-8-7-9-13-21/h7-15,24-25,32H,2,6,16-19H2,1,3-5H3. The summed E-state index contributed by atoms with van der Waals surface area (Å²) in [6.07, 6.45) is 1.66. The summed E-state index contributed by atoms with van der Waals surface area (Å²) < 4.78 is 12.8. The summed E-state index contributed by atoms with van der Waals surface area (Å²) in [5.74, 6) is -0.213. The number of aryl methyl sites for hydroxylation is 1. The van der Waals surface area contributed by atoms with Crippen molar-refractivity contribution in [1.82, 2.24) is 0 Å². The average molecular weight is 461 g/mol. The number of carbonyl (C=O) groups is 1. The molecule has 2 fully saturated rings. The summed E-state index contributed by atoms with van der Waals surface area (Å²) in [5.41, 5.74) is 1.01. The Kier molecular flexibility index (Phi) is 5.34. The van der Waals surface area contributed by atoms with Crippen molar-refractivity contribution in [2.45, 2.75) is 70.7 Å². The second-order valence-corrected chi connectivity index (χ2v) is 11.0. The Hall–Kier alpha value is -2.43. The van der Waals surface area contributed by atoms with Gasteiger partial charge in [0.1, 0.15) is 17.3 Å². The van der Waals surface area contributed by atoms with Crippen LogP contribution in [0.3, 0.4) is 0 Å². The van der Waals surface area contributed by atoms with Gasteiger partial charge in [-0.3, -0.25) is 4.79 Å². The van der Waals surface area contributed by atoms with E-state index in [0.717, 1.165) is 22.3 Å².